The Bertz CT molecular complexity index is 1030. The van der Waals surface area contributed by atoms with Crippen LogP contribution in [0.2, 0.25) is 0 Å². The van der Waals surface area contributed by atoms with Crippen LogP contribution >= 0.6 is 0 Å². The molecule has 2 aromatic carbocycles. The minimum Gasteiger partial charge on any atom is -0.486 e. The Morgan fingerprint density at radius 3 is 2.53 bits per heavy atom. The third-order valence-electron chi connectivity index (χ3n) is 5.11. The highest BCUT2D eigenvalue weighted by Gasteiger charge is 2.19. The van der Waals surface area contributed by atoms with Gasteiger partial charge in [-0.25, -0.2) is 0 Å². The van der Waals surface area contributed by atoms with Gasteiger partial charge < -0.3 is 24.2 Å². The van der Waals surface area contributed by atoms with Gasteiger partial charge in [0.15, 0.2) is 23.0 Å². The number of aryl methyl sites for hydroxylation is 1. The van der Waals surface area contributed by atoms with E-state index in [0.717, 1.165) is 11.1 Å². The molecule has 7 nitrogen and oxygen atoms in total. The van der Waals surface area contributed by atoms with Crippen molar-refractivity contribution in [3.05, 3.63) is 65.4 Å². The summed E-state index contributed by atoms with van der Waals surface area (Å²) in [7, 11) is 3.99. The van der Waals surface area contributed by atoms with Gasteiger partial charge in [-0.3, -0.25) is 4.79 Å². The van der Waals surface area contributed by atoms with Crippen molar-refractivity contribution in [2.75, 3.05) is 33.9 Å². The largest absolute Gasteiger partial charge is 0.486 e. The Morgan fingerprint density at radius 2 is 1.80 bits per heavy atom. The molecule has 1 aliphatic rings. The minimum atomic E-state index is -0.276. The summed E-state index contributed by atoms with van der Waals surface area (Å²) in [5.74, 6) is 1.59. The number of ether oxygens (including phenoxy) is 2. The molecule has 1 aromatic heterocycles. The number of hydrogen-bond donors (Lipinski definition) is 1. The standard InChI is InChI=1S/C23H25N3O4/c1-15-4-6-16(7-5-15)19(26(2)3)14-24-23(27)18-13-21(30-25-18)17-8-9-20-22(12-17)29-11-10-28-20/h4-9,12-13,19H,10-11,14H2,1-3H3,(H,24,27)/t19-/m0/s1. The van der Waals surface area contributed by atoms with Gasteiger partial charge in [-0.15, -0.1) is 0 Å². The molecule has 0 saturated carbocycles. The minimum absolute atomic E-state index is 0.0544. The van der Waals surface area contributed by atoms with E-state index in [4.69, 9.17) is 14.0 Å². The van der Waals surface area contributed by atoms with Gasteiger partial charge >= 0.3 is 0 Å². The maximum Gasteiger partial charge on any atom is 0.273 e. The number of hydrogen-bond acceptors (Lipinski definition) is 6. The number of amides is 1. The summed E-state index contributed by atoms with van der Waals surface area (Å²) in [5.41, 5.74) is 3.36. The second kappa shape index (κ2) is 8.59. The first-order chi connectivity index (χ1) is 14.5. The molecule has 1 atom stereocenters. The lowest BCUT2D eigenvalue weighted by molar-refractivity contribution is 0.0933. The first-order valence-electron chi connectivity index (χ1n) is 9.89. The van der Waals surface area contributed by atoms with Crippen molar-refractivity contribution in [2.24, 2.45) is 0 Å². The summed E-state index contributed by atoms with van der Waals surface area (Å²) in [6.07, 6.45) is 0. The topological polar surface area (TPSA) is 76.8 Å². The highest BCUT2D eigenvalue weighted by Crippen LogP contribution is 2.34. The predicted octanol–water partition coefficient (Wildman–Crippen LogP) is 3.45. The molecule has 30 heavy (non-hydrogen) atoms. The molecule has 0 aliphatic carbocycles. The van der Waals surface area contributed by atoms with E-state index < -0.39 is 0 Å². The Morgan fingerprint density at radius 1 is 1.07 bits per heavy atom. The molecule has 156 valence electrons. The van der Waals surface area contributed by atoms with E-state index >= 15 is 0 Å². The van der Waals surface area contributed by atoms with Gasteiger partial charge in [0.2, 0.25) is 0 Å². The first kappa shape index (κ1) is 20.0. The molecule has 7 heteroatoms. The smallest absolute Gasteiger partial charge is 0.273 e. The fraction of sp³-hybridized carbons (Fsp3) is 0.304. The number of rotatable bonds is 6. The Hall–Kier alpha value is -3.32. The first-order valence-corrected chi connectivity index (χ1v) is 9.89. The maximum absolute atomic E-state index is 12.6. The summed E-state index contributed by atoms with van der Waals surface area (Å²) >= 11 is 0. The Balaban J connectivity index is 1.44. The number of aromatic nitrogens is 1. The van der Waals surface area contributed by atoms with Gasteiger partial charge in [-0.1, -0.05) is 35.0 Å². The number of carbonyl (C=O) groups excluding carboxylic acids is 1. The maximum atomic E-state index is 12.6. The molecule has 0 unspecified atom stereocenters. The van der Waals surface area contributed by atoms with Gasteiger partial charge in [-0.2, -0.15) is 0 Å². The molecule has 1 amide bonds. The van der Waals surface area contributed by atoms with Crippen LogP contribution < -0.4 is 14.8 Å². The lowest BCUT2D eigenvalue weighted by atomic mass is 10.0. The molecule has 0 fully saturated rings. The molecule has 2 heterocycles. The van der Waals surface area contributed by atoms with Crippen molar-refractivity contribution in [1.82, 2.24) is 15.4 Å². The molecule has 0 spiro atoms. The molecule has 3 aromatic rings. The van der Waals surface area contributed by atoms with Crippen LogP contribution in [-0.2, 0) is 0 Å². The van der Waals surface area contributed by atoms with Crippen LogP contribution in [0.4, 0.5) is 0 Å². The number of fused-ring (bicyclic) bond motifs is 1. The third-order valence-corrected chi connectivity index (χ3v) is 5.11. The molecule has 4 rings (SSSR count). The fourth-order valence-corrected chi connectivity index (χ4v) is 3.38. The van der Waals surface area contributed by atoms with Crippen LogP contribution in [-0.4, -0.2) is 49.8 Å². The van der Waals surface area contributed by atoms with E-state index in [0.29, 0.717) is 37.0 Å². The molecule has 0 saturated heterocycles. The summed E-state index contributed by atoms with van der Waals surface area (Å²) in [5, 5.41) is 6.90. The second-order valence-electron chi connectivity index (χ2n) is 7.53. The molecule has 0 bridgehead atoms. The summed E-state index contributed by atoms with van der Waals surface area (Å²) in [6.45, 7) is 3.56. The number of likely N-dealkylation sites (N-methyl/N-ethyl adjacent to an activating group) is 1. The van der Waals surface area contributed by atoms with Gasteiger partial charge in [0.1, 0.15) is 13.2 Å². The predicted molar refractivity (Wildman–Crippen MR) is 113 cm³/mol. The number of carbonyl (C=O) groups is 1. The van der Waals surface area contributed by atoms with Crippen molar-refractivity contribution in [2.45, 2.75) is 13.0 Å². The number of nitrogens with zero attached hydrogens (tertiary/aromatic N) is 2. The van der Waals surface area contributed by atoms with Gasteiger partial charge in [-0.05, 0) is 44.8 Å². The van der Waals surface area contributed by atoms with Crippen molar-refractivity contribution in [3.63, 3.8) is 0 Å². The Labute approximate surface area is 175 Å². The number of benzene rings is 2. The molecule has 1 N–H and O–H groups in total. The van der Waals surface area contributed by atoms with Crippen LogP contribution in [0.5, 0.6) is 11.5 Å². The van der Waals surface area contributed by atoms with E-state index in [2.05, 4.69) is 46.6 Å². The number of nitrogens with one attached hydrogen (secondary N) is 1. The summed E-state index contributed by atoms with van der Waals surface area (Å²) in [4.78, 5) is 14.7. The highest BCUT2D eigenvalue weighted by atomic mass is 16.6. The lowest BCUT2D eigenvalue weighted by Gasteiger charge is -2.25. The molecular formula is C23H25N3O4. The fourth-order valence-electron chi connectivity index (χ4n) is 3.38. The quantitative estimate of drug-likeness (QED) is 0.674. The average Bonchev–Trinajstić information content (AvgIpc) is 3.25. The van der Waals surface area contributed by atoms with Crippen LogP contribution in [0.15, 0.2) is 53.1 Å². The zero-order chi connectivity index (χ0) is 21.1. The Kier molecular flexibility index (Phi) is 5.72. The van der Waals surface area contributed by atoms with Crippen molar-refractivity contribution < 1.29 is 18.8 Å². The molecule has 0 radical (unpaired) electrons. The highest BCUT2D eigenvalue weighted by molar-refractivity contribution is 5.93. The summed E-state index contributed by atoms with van der Waals surface area (Å²) in [6, 6.07) is 15.5. The van der Waals surface area contributed by atoms with Crippen LogP contribution in [0.3, 0.4) is 0 Å². The summed E-state index contributed by atoms with van der Waals surface area (Å²) < 4.78 is 16.5. The van der Waals surface area contributed by atoms with Crippen molar-refractivity contribution in [1.29, 1.82) is 0 Å². The lowest BCUT2D eigenvalue weighted by Crippen LogP contribution is -2.34. The van der Waals surface area contributed by atoms with Crippen LogP contribution in [0.25, 0.3) is 11.3 Å². The second-order valence-corrected chi connectivity index (χ2v) is 7.53. The molecular weight excluding hydrogens is 382 g/mol. The third kappa shape index (κ3) is 4.31. The normalized spacial score (nSPS) is 13.9. The monoisotopic (exact) mass is 407 g/mol. The van der Waals surface area contributed by atoms with E-state index in [-0.39, 0.29) is 17.6 Å². The van der Waals surface area contributed by atoms with E-state index in [9.17, 15) is 4.79 Å². The zero-order valence-corrected chi connectivity index (χ0v) is 17.3. The van der Waals surface area contributed by atoms with Crippen LogP contribution in [0, 0.1) is 6.92 Å². The average molecular weight is 407 g/mol. The van der Waals surface area contributed by atoms with Crippen molar-refractivity contribution in [3.8, 4) is 22.8 Å². The van der Waals surface area contributed by atoms with E-state index in [1.54, 1.807) is 6.07 Å². The van der Waals surface area contributed by atoms with Gasteiger partial charge in [0.05, 0.1) is 6.04 Å². The SMILES string of the molecule is Cc1ccc([C@H](CNC(=O)c2cc(-c3ccc4c(c3)OCCO4)on2)N(C)C)cc1. The van der Waals surface area contributed by atoms with Gasteiger partial charge in [0, 0.05) is 18.2 Å². The van der Waals surface area contributed by atoms with E-state index in [1.807, 2.05) is 32.3 Å². The van der Waals surface area contributed by atoms with Crippen LogP contribution in [0.1, 0.15) is 27.7 Å². The zero-order valence-electron chi connectivity index (χ0n) is 17.3. The van der Waals surface area contributed by atoms with Crippen molar-refractivity contribution >= 4 is 5.91 Å². The van der Waals surface area contributed by atoms with E-state index in [1.165, 1.54) is 5.56 Å². The molecule has 1 aliphatic heterocycles. The van der Waals surface area contributed by atoms with Gasteiger partial charge in [0.25, 0.3) is 5.91 Å².